The van der Waals surface area contributed by atoms with E-state index < -0.39 is 6.04 Å². The van der Waals surface area contributed by atoms with Crippen LogP contribution in [0, 0.1) is 5.92 Å². The van der Waals surface area contributed by atoms with Crippen molar-refractivity contribution in [3.05, 3.63) is 24.4 Å². The average molecular weight is 311 g/mol. The molecule has 21 heavy (non-hydrogen) atoms. The van der Waals surface area contributed by atoms with Crippen LogP contribution in [-0.2, 0) is 9.53 Å². The first-order chi connectivity index (χ1) is 9.75. The van der Waals surface area contributed by atoms with Crippen molar-refractivity contribution in [2.24, 2.45) is 11.7 Å². The third-order valence-corrected chi connectivity index (χ3v) is 3.81. The minimum atomic E-state index is -0.503. The Morgan fingerprint density at radius 1 is 1.43 bits per heavy atom. The number of para-hydroxylation sites is 1. The van der Waals surface area contributed by atoms with E-state index in [1.807, 2.05) is 18.2 Å². The summed E-state index contributed by atoms with van der Waals surface area (Å²) in [5.41, 5.74) is 7.60. The highest BCUT2D eigenvalue weighted by Gasteiger charge is 2.26. The Labute approximate surface area is 128 Å². The molecule has 114 valence electrons. The molecule has 6 nitrogen and oxygen atoms in total. The molecule has 1 atom stereocenters. The smallest absolute Gasteiger partial charge is 0.241 e. The molecule has 1 aromatic heterocycles. The van der Waals surface area contributed by atoms with E-state index in [2.05, 4.69) is 15.5 Å². The van der Waals surface area contributed by atoms with Crippen LogP contribution in [0.1, 0.15) is 12.8 Å². The number of fused-ring (bicyclic) bond motifs is 1. The van der Waals surface area contributed by atoms with Gasteiger partial charge in [0.2, 0.25) is 5.91 Å². The van der Waals surface area contributed by atoms with Gasteiger partial charge in [0, 0.05) is 18.6 Å². The lowest BCUT2D eigenvalue weighted by molar-refractivity contribution is -0.119. The minimum absolute atomic E-state index is 0. The van der Waals surface area contributed by atoms with E-state index in [9.17, 15) is 4.79 Å². The molecular weight excluding hydrogens is 292 g/mol. The maximum atomic E-state index is 12.3. The van der Waals surface area contributed by atoms with E-state index in [4.69, 9.17) is 10.5 Å². The molecule has 0 bridgehead atoms. The van der Waals surface area contributed by atoms with E-state index in [1.165, 1.54) is 0 Å². The van der Waals surface area contributed by atoms with E-state index >= 15 is 0 Å². The standard InChI is InChI=1S/C14H18N4O2.ClH/c15-12(9-4-6-20-7-5-9)14(19)17-11-3-1-2-10-8-16-18-13(10)11;/h1-3,8-9,12H,4-7,15H2,(H,16,18)(H,17,19);1H. The lowest BCUT2D eigenvalue weighted by Crippen LogP contribution is -2.44. The highest BCUT2D eigenvalue weighted by molar-refractivity contribution is 6.02. The first-order valence-electron chi connectivity index (χ1n) is 6.82. The number of hydrogen-bond acceptors (Lipinski definition) is 4. The number of H-pyrrole nitrogens is 1. The molecule has 1 amide bonds. The maximum Gasteiger partial charge on any atom is 0.241 e. The summed E-state index contributed by atoms with van der Waals surface area (Å²) >= 11 is 0. The number of aromatic nitrogens is 2. The van der Waals surface area contributed by atoms with Crippen LogP contribution in [0.3, 0.4) is 0 Å². The number of carbonyl (C=O) groups excluding carboxylic acids is 1. The molecule has 1 aliphatic heterocycles. The number of rotatable bonds is 3. The summed E-state index contributed by atoms with van der Waals surface area (Å²) in [6.45, 7) is 1.36. The third kappa shape index (κ3) is 3.34. The Balaban J connectivity index is 0.00000161. The second kappa shape index (κ2) is 6.89. The second-order valence-electron chi connectivity index (χ2n) is 5.10. The predicted molar refractivity (Wildman–Crippen MR) is 83.5 cm³/mol. The summed E-state index contributed by atoms with van der Waals surface area (Å²) in [6.07, 6.45) is 3.40. The van der Waals surface area contributed by atoms with Gasteiger partial charge in [0.15, 0.2) is 0 Å². The van der Waals surface area contributed by atoms with Crippen LogP contribution in [0.15, 0.2) is 24.4 Å². The molecule has 1 aliphatic rings. The average Bonchev–Trinajstić information content (AvgIpc) is 2.97. The number of ether oxygens (including phenoxy) is 1. The molecule has 0 radical (unpaired) electrons. The molecule has 4 N–H and O–H groups in total. The first-order valence-corrected chi connectivity index (χ1v) is 6.82. The van der Waals surface area contributed by atoms with Gasteiger partial charge in [-0.05, 0) is 24.8 Å². The van der Waals surface area contributed by atoms with E-state index in [0.717, 1.165) is 23.7 Å². The molecule has 1 fully saturated rings. The van der Waals surface area contributed by atoms with Gasteiger partial charge in [0.05, 0.1) is 23.4 Å². The molecule has 0 saturated carbocycles. The van der Waals surface area contributed by atoms with Crippen LogP contribution in [0.5, 0.6) is 0 Å². The van der Waals surface area contributed by atoms with Gasteiger partial charge in [-0.1, -0.05) is 12.1 Å². The van der Waals surface area contributed by atoms with Gasteiger partial charge < -0.3 is 15.8 Å². The molecule has 1 aromatic carbocycles. The van der Waals surface area contributed by atoms with Crippen LogP contribution < -0.4 is 11.1 Å². The molecule has 1 saturated heterocycles. The fourth-order valence-corrected chi connectivity index (χ4v) is 2.58. The molecule has 1 unspecified atom stereocenters. The highest BCUT2D eigenvalue weighted by Crippen LogP contribution is 2.22. The number of aromatic amines is 1. The van der Waals surface area contributed by atoms with Crippen LogP contribution >= 0.6 is 12.4 Å². The topological polar surface area (TPSA) is 93.0 Å². The largest absolute Gasteiger partial charge is 0.381 e. The third-order valence-electron chi connectivity index (χ3n) is 3.81. The Hall–Kier alpha value is -1.63. The van der Waals surface area contributed by atoms with E-state index in [0.29, 0.717) is 18.9 Å². The number of halogens is 1. The van der Waals surface area contributed by atoms with Crippen LogP contribution in [0.25, 0.3) is 10.9 Å². The number of benzene rings is 1. The van der Waals surface area contributed by atoms with Crippen LogP contribution in [0.2, 0.25) is 0 Å². The minimum Gasteiger partial charge on any atom is -0.381 e. The molecule has 7 heteroatoms. The number of carbonyl (C=O) groups is 1. The summed E-state index contributed by atoms with van der Waals surface area (Å²) in [6, 6.07) is 5.16. The fraction of sp³-hybridized carbons (Fsp3) is 0.429. The zero-order valence-corrected chi connectivity index (χ0v) is 12.4. The Morgan fingerprint density at radius 3 is 2.95 bits per heavy atom. The van der Waals surface area contributed by atoms with Gasteiger partial charge in [-0.2, -0.15) is 5.10 Å². The van der Waals surface area contributed by atoms with Gasteiger partial charge in [-0.15, -0.1) is 12.4 Å². The van der Waals surface area contributed by atoms with Crippen LogP contribution in [0.4, 0.5) is 5.69 Å². The van der Waals surface area contributed by atoms with Crippen molar-refractivity contribution in [2.75, 3.05) is 18.5 Å². The summed E-state index contributed by atoms with van der Waals surface area (Å²) in [5.74, 6) is 0.0312. The first kappa shape index (κ1) is 15.8. The SMILES string of the molecule is Cl.NC(C(=O)Nc1cccc2cn[nH]c12)C1CCOCC1. The number of nitrogens with zero attached hydrogens (tertiary/aromatic N) is 1. The van der Waals surface area contributed by atoms with Crippen molar-refractivity contribution in [3.8, 4) is 0 Å². The Morgan fingerprint density at radius 2 is 2.19 bits per heavy atom. The number of amides is 1. The van der Waals surface area contributed by atoms with E-state index in [-0.39, 0.29) is 24.2 Å². The second-order valence-corrected chi connectivity index (χ2v) is 5.10. The van der Waals surface area contributed by atoms with Gasteiger partial charge in [-0.25, -0.2) is 0 Å². The molecular formula is C14H19ClN4O2. The zero-order chi connectivity index (χ0) is 13.9. The zero-order valence-electron chi connectivity index (χ0n) is 11.5. The Kier molecular flexibility index (Phi) is 5.17. The number of nitrogens with two attached hydrogens (primary N) is 1. The van der Waals surface area contributed by atoms with Crippen molar-refractivity contribution >= 4 is 34.9 Å². The number of nitrogens with one attached hydrogen (secondary N) is 2. The van der Waals surface area contributed by atoms with Crippen molar-refractivity contribution in [3.63, 3.8) is 0 Å². The summed E-state index contributed by atoms with van der Waals surface area (Å²) in [4.78, 5) is 12.3. The predicted octanol–water partition coefficient (Wildman–Crippen LogP) is 1.68. The van der Waals surface area contributed by atoms with Gasteiger partial charge in [0.25, 0.3) is 0 Å². The maximum absolute atomic E-state index is 12.3. The fourth-order valence-electron chi connectivity index (χ4n) is 2.58. The molecule has 0 aliphatic carbocycles. The van der Waals surface area contributed by atoms with Crippen molar-refractivity contribution in [1.29, 1.82) is 0 Å². The van der Waals surface area contributed by atoms with Crippen molar-refractivity contribution in [2.45, 2.75) is 18.9 Å². The molecule has 2 aromatic rings. The number of hydrogen-bond donors (Lipinski definition) is 3. The molecule has 3 rings (SSSR count). The Bertz CT molecular complexity index is 610. The normalized spacial score (nSPS) is 17.2. The monoisotopic (exact) mass is 310 g/mol. The van der Waals surface area contributed by atoms with E-state index in [1.54, 1.807) is 6.20 Å². The van der Waals surface area contributed by atoms with Gasteiger partial charge in [0.1, 0.15) is 0 Å². The van der Waals surface area contributed by atoms with Gasteiger partial charge >= 0.3 is 0 Å². The molecule has 0 spiro atoms. The lowest BCUT2D eigenvalue weighted by Gasteiger charge is -2.26. The molecule has 2 heterocycles. The highest BCUT2D eigenvalue weighted by atomic mass is 35.5. The number of anilines is 1. The summed E-state index contributed by atoms with van der Waals surface area (Å²) in [5, 5.41) is 10.7. The van der Waals surface area contributed by atoms with Crippen molar-refractivity contribution < 1.29 is 9.53 Å². The lowest BCUT2D eigenvalue weighted by atomic mass is 9.92. The van der Waals surface area contributed by atoms with Gasteiger partial charge in [-0.3, -0.25) is 9.89 Å². The van der Waals surface area contributed by atoms with Crippen molar-refractivity contribution in [1.82, 2.24) is 10.2 Å². The van der Waals surface area contributed by atoms with Crippen LogP contribution in [-0.4, -0.2) is 35.4 Å². The summed E-state index contributed by atoms with van der Waals surface area (Å²) in [7, 11) is 0. The quantitative estimate of drug-likeness (QED) is 0.804. The summed E-state index contributed by atoms with van der Waals surface area (Å²) < 4.78 is 5.29.